The predicted molar refractivity (Wildman–Crippen MR) is 101 cm³/mol. The summed E-state index contributed by atoms with van der Waals surface area (Å²) in [5, 5.41) is 2.26. The number of furan rings is 1. The Morgan fingerprint density at radius 1 is 0.964 bits per heavy atom. The molecule has 0 aliphatic rings. The summed E-state index contributed by atoms with van der Waals surface area (Å²) >= 11 is 0. The normalized spacial score (nSPS) is 11.0. The van der Waals surface area contributed by atoms with Gasteiger partial charge in [-0.3, -0.25) is 4.79 Å². The lowest BCUT2D eigenvalue weighted by atomic mass is 10.2. The van der Waals surface area contributed by atoms with Crippen LogP contribution >= 0.6 is 0 Å². The Balaban J connectivity index is 1.73. The van der Waals surface area contributed by atoms with Crippen LogP contribution in [0.3, 0.4) is 0 Å². The summed E-state index contributed by atoms with van der Waals surface area (Å²) in [6, 6.07) is 16.4. The van der Waals surface area contributed by atoms with Gasteiger partial charge in [0.15, 0.2) is 5.76 Å². The highest BCUT2D eigenvalue weighted by Crippen LogP contribution is 2.23. The number of carbonyl (C=O) groups is 2. The van der Waals surface area contributed by atoms with Gasteiger partial charge in [0.05, 0.1) is 17.1 Å². The first-order valence-corrected chi connectivity index (χ1v) is 9.88. The zero-order chi connectivity index (χ0) is 20.1. The van der Waals surface area contributed by atoms with E-state index in [1.54, 1.807) is 25.1 Å². The highest BCUT2D eigenvalue weighted by molar-refractivity contribution is 7.91. The lowest BCUT2D eigenvalue weighted by Gasteiger charge is -2.05. The molecular formula is C20H17NO6S. The number of rotatable bonds is 6. The molecule has 1 amide bonds. The first-order chi connectivity index (χ1) is 13.4. The molecule has 0 saturated heterocycles. The number of hydrogen-bond acceptors (Lipinski definition) is 6. The maximum Gasteiger partial charge on any atom is 0.338 e. The van der Waals surface area contributed by atoms with Gasteiger partial charge in [0, 0.05) is 5.69 Å². The molecule has 0 saturated carbocycles. The lowest BCUT2D eigenvalue weighted by Crippen LogP contribution is -2.11. The third kappa shape index (κ3) is 4.12. The van der Waals surface area contributed by atoms with Crippen molar-refractivity contribution in [2.75, 3.05) is 11.9 Å². The molecule has 0 unspecified atom stereocenters. The Morgan fingerprint density at radius 3 is 2.29 bits per heavy atom. The van der Waals surface area contributed by atoms with Gasteiger partial charge in [-0.2, -0.15) is 0 Å². The van der Waals surface area contributed by atoms with Crippen LogP contribution in [0.25, 0.3) is 0 Å². The van der Waals surface area contributed by atoms with E-state index in [1.165, 1.54) is 48.5 Å². The van der Waals surface area contributed by atoms with Crippen molar-refractivity contribution in [2.24, 2.45) is 0 Å². The highest BCUT2D eigenvalue weighted by atomic mass is 32.2. The van der Waals surface area contributed by atoms with Crippen LogP contribution in [0.15, 0.2) is 81.1 Å². The highest BCUT2D eigenvalue weighted by Gasteiger charge is 2.23. The summed E-state index contributed by atoms with van der Waals surface area (Å²) in [7, 11) is -3.84. The largest absolute Gasteiger partial charge is 0.462 e. The smallest absolute Gasteiger partial charge is 0.338 e. The quantitative estimate of drug-likeness (QED) is 0.636. The summed E-state index contributed by atoms with van der Waals surface area (Å²) in [5.74, 6) is -1.22. The van der Waals surface area contributed by atoms with Crippen LogP contribution in [0, 0.1) is 0 Å². The summed E-state index contributed by atoms with van der Waals surface area (Å²) in [6.07, 6.45) is 0. The minimum atomic E-state index is -3.84. The Bertz CT molecular complexity index is 1090. The van der Waals surface area contributed by atoms with Crippen molar-refractivity contribution in [3.05, 3.63) is 78.1 Å². The number of esters is 1. The topological polar surface area (TPSA) is 103 Å². The van der Waals surface area contributed by atoms with Gasteiger partial charge < -0.3 is 14.5 Å². The summed E-state index contributed by atoms with van der Waals surface area (Å²) in [6.45, 7) is 1.98. The second kappa shape index (κ2) is 8.10. The number of sulfone groups is 1. The van der Waals surface area contributed by atoms with E-state index < -0.39 is 21.7 Å². The van der Waals surface area contributed by atoms with Crippen molar-refractivity contribution in [1.29, 1.82) is 0 Å². The maximum atomic E-state index is 12.5. The Hall–Kier alpha value is -3.39. The van der Waals surface area contributed by atoms with Crippen molar-refractivity contribution in [2.45, 2.75) is 16.9 Å². The fourth-order valence-corrected chi connectivity index (χ4v) is 3.59. The second-order valence-electron chi connectivity index (χ2n) is 5.69. The molecular weight excluding hydrogens is 382 g/mol. The van der Waals surface area contributed by atoms with Crippen LogP contribution in [0.2, 0.25) is 0 Å². The number of benzene rings is 2. The molecule has 0 aliphatic heterocycles. The average molecular weight is 399 g/mol. The number of carbonyl (C=O) groups excluding carboxylic acids is 2. The Morgan fingerprint density at radius 2 is 1.64 bits per heavy atom. The second-order valence-corrected chi connectivity index (χ2v) is 7.57. The predicted octanol–water partition coefficient (Wildman–Crippen LogP) is 3.54. The van der Waals surface area contributed by atoms with Gasteiger partial charge in [-0.05, 0) is 55.5 Å². The SMILES string of the molecule is CCOC(=O)c1ccc(NC(=O)c2ccc(S(=O)(=O)c3ccccc3)o2)cc1. The van der Waals surface area contributed by atoms with Crippen LogP contribution in [0.5, 0.6) is 0 Å². The number of hydrogen-bond donors (Lipinski definition) is 1. The minimum Gasteiger partial charge on any atom is -0.462 e. The Labute approximate surface area is 161 Å². The van der Waals surface area contributed by atoms with Crippen molar-refractivity contribution in [3.8, 4) is 0 Å². The molecule has 0 fully saturated rings. The maximum absolute atomic E-state index is 12.5. The number of nitrogens with one attached hydrogen (secondary N) is 1. The summed E-state index contributed by atoms with van der Waals surface area (Å²) in [4.78, 5) is 24.0. The van der Waals surface area contributed by atoms with E-state index in [1.807, 2.05) is 0 Å². The molecule has 0 spiro atoms. The monoisotopic (exact) mass is 399 g/mol. The molecule has 28 heavy (non-hydrogen) atoms. The third-order valence-corrected chi connectivity index (χ3v) is 5.42. The molecule has 1 N–H and O–H groups in total. The van der Waals surface area contributed by atoms with Gasteiger partial charge >= 0.3 is 5.97 Å². The molecule has 0 atom stereocenters. The third-order valence-electron chi connectivity index (χ3n) is 3.78. The molecule has 2 aromatic carbocycles. The van der Waals surface area contributed by atoms with Gasteiger partial charge in [-0.25, -0.2) is 13.2 Å². The zero-order valence-corrected chi connectivity index (χ0v) is 15.7. The molecule has 1 heterocycles. The summed E-state index contributed by atoms with van der Waals surface area (Å²) < 4.78 is 35.2. The van der Waals surface area contributed by atoms with Crippen molar-refractivity contribution in [3.63, 3.8) is 0 Å². The van der Waals surface area contributed by atoms with Crippen LogP contribution in [0.1, 0.15) is 27.8 Å². The van der Waals surface area contributed by atoms with Gasteiger partial charge in [0.25, 0.3) is 5.91 Å². The van der Waals surface area contributed by atoms with Crippen molar-refractivity contribution < 1.29 is 27.2 Å². The first kappa shape index (κ1) is 19.4. The van der Waals surface area contributed by atoms with E-state index in [-0.39, 0.29) is 22.4 Å². The Kier molecular flexibility index (Phi) is 5.60. The molecule has 144 valence electrons. The first-order valence-electron chi connectivity index (χ1n) is 8.40. The molecule has 0 aliphatic carbocycles. The van der Waals surface area contributed by atoms with Crippen LogP contribution in [-0.2, 0) is 14.6 Å². The zero-order valence-electron chi connectivity index (χ0n) is 14.9. The van der Waals surface area contributed by atoms with Crippen molar-refractivity contribution in [1.82, 2.24) is 0 Å². The molecule has 7 nitrogen and oxygen atoms in total. The van der Waals surface area contributed by atoms with Gasteiger partial charge in [-0.15, -0.1) is 0 Å². The van der Waals surface area contributed by atoms with Crippen LogP contribution in [-0.4, -0.2) is 26.9 Å². The van der Waals surface area contributed by atoms with Crippen molar-refractivity contribution >= 4 is 27.4 Å². The van der Waals surface area contributed by atoms with E-state index in [0.29, 0.717) is 11.3 Å². The van der Waals surface area contributed by atoms with Crippen LogP contribution < -0.4 is 5.32 Å². The summed E-state index contributed by atoms with van der Waals surface area (Å²) in [5.41, 5.74) is 0.774. The standard InChI is InChI=1S/C20H17NO6S/c1-2-26-20(23)14-8-10-15(11-9-14)21-19(22)17-12-13-18(27-17)28(24,25)16-6-4-3-5-7-16/h3-13H,2H2,1H3,(H,21,22). The number of anilines is 1. The number of amides is 1. The van der Waals surface area contributed by atoms with E-state index in [0.717, 1.165) is 0 Å². The minimum absolute atomic E-state index is 0.0749. The molecule has 3 rings (SSSR count). The molecule has 0 radical (unpaired) electrons. The molecule has 0 bridgehead atoms. The van der Waals surface area contributed by atoms with E-state index >= 15 is 0 Å². The fraction of sp³-hybridized carbons (Fsp3) is 0.100. The molecule has 1 aromatic heterocycles. The number of ether oxygens (including phenoxy) is 1. The van der Waals surface area contributed by atoms with E-state index in [9.17, 15) is 18.0 Å². The van der Waals surface area contributed by atoms with Gasteiger partial charge in [0.1, 0.15) is 0 Å². The molecule has 8 heteroatoms. The lowest BCUT2D eigenvalue weighted by molar-refractivity contribution is 0.0526. The van der Waals surface area contributed by atoms with Gasteiger partial charge in [-0.1, -0.05) is 18.2 Å². The fourth-order valence-electron chi connectivity index (χ4n) is 2.40. The average Bonchev–Trinajstić information content (AvgIpc) is 3.21. The molecule has 3 aromatic rings. The van der Waals surface area contributed by atoms with Crippen LogP contribution in [0.4, 0.5) is 5.69 Å². The van der Waals surface area contributed by atoms with E-state index in [4.69, 9.17) is 9.15 Å². The van der Waals surface area contributed by atoms with E-state index in [2.05, 4.69) is 5.32 Å². The van der Waals surface area contributed by atoms with Gasteiger partial charge in [0.2, 0.25) is 14.9 Å².